The second-order valence-corrected chi connectivity index (χ2v) is 16.4. The third-order valence-electron chi connectivity index (χ3n) is 14.1. The molecular formula is C48H50N2O8. The Morgan fingerprint density at radius 2 is 0.690 bits per heavy atom. The Balaban J connectivity index is 1.54. The highest BCUT2D eigenvalue weighted by Crippen LogP contribution is 2.92. The zero-order chi connectivity index (χ0) is 40.8. The molecule has 10 rings (SSSR count). The first kappa shape index (κ1) is 37.9. The average molecular weight is 783 g/mol. The van der Waals surface area contributed by atoms with Gasteiger partial charge in [0, 0.05) is 23.2 Å². The zero-order valence-corrected chi connectivity index (χ0v) is 33.8. The molecule has 0 atom stereocenters. The van der Waals surface area contributed by atoms with E-state index < -0.39 is 81.5 Å². The van der Waals surface area contributed by atoms with Crippen LogP contribution in [0.1, 0.15) is 61.8 Å². The SMILES string of the molecule is CCOC(=O)C12C(c3ccccc3)C3(C(=O)OCC)C4N(c5ccc(C)cc5)C1C1(C(=O)OCC)C(c5ccccc5)C4(C(=O)OCC)C3N(c3ccc(C)cc3)C21. The van der Waals surface area contributed by atoms with E-state index in [1.807, 2.05) is 123 Å². The molecule has 0 unspecified atom stereocenters. The molecule has 0 N–H and O–H groups in total. The highest BCUT2D eigenvalue weighted by molar-refractivity contribution is 6.07. The maximum Gasteiger partial charge on any atom is 0.317 e. The highest BCUT2D eigenvalue weighted by Gasteiger charge is 3.07. The summed E-state index contributed by atoms with van der Waals surface area (Å²) in [6.07, 6.45) is 0. The molecule has 300 valence electrons. The van der Waals surface area contributed by atoms with Gasteiger partial charge in [-0.2, -0.15) is 0 Å². The second kappa shape index (κ2) is 13.5. The fourth-order valence-corrected chi connectivity index (χ4v) is 13.0. The third kappa shape index (κ3) is 4.23. The lowest BCUT2D eigenvalue weighted by Crippen LogP contribution is -3.10. The highest BCUT2D eigenvalue weighted by atomic mass is 16.6. The normalized spacial score (nSPS) is 33.1. The van der Waals surface area contributed by atoms with Gasteiger partial charge in [0.1, 0.15) is 21.7 Å². The number of carbonyl (C=O) groups is 4. The van der Waals surface area contributed by atoms with Crippen LogP contribution in [0.25, 0.3) is 0 Å². The molecule has 4 aliphatic heterocycles. The second-order valence-electron chi connectivity index (χ2n) is 16.4. The van der Waals surface area contributed by atoms with Crippen LogP contribution in [0.2, 0.25) is 0 Å². The van der Waals surface area contributed by atoms with Gasteiger partial charge in [-0.15, -0.1) is 0 Å². The third-order valence-corrected chi connectivity index (χ3v) is 14.1. The average Bonchev–Trinajstić information content (AvgIpc) is 3.20. The molecule has 4 aromatic carbocycles. The number of rotatable bonds is 12. The van der Waals surface area contributed by atoms with Gasteiger partial charge in [-0.1, -0.05) is 96.1 Å². The van der Waals surface area contributed by atoms with Crippen molar-refractivity contribution in [1.82, 2.24) is 0 Å². The minimum absolute atomic E-state index is 0.0666. The largest absolute Gasteiger partial charge is 0.465 e. The fourth-order valence-electron chi connectivity index (χ4n) is 13.0. The quantitative estimate of drug-likeness (QED) is 0.111. The lowest BCUT2D eigenvalue weighted by Gasteiger charge is -2.95. The number of esters is 4. The summed E-state index contributed by atoms with van der Waals surface area (Å²) in [5, 5.41) is 0. The molecule has 4 aromatic rings. The summed E-state index contributed by atoms with van der Waals surface area (Å²) in [5.41, 5.74) is -1.50. The van der Waals surface area contributed by atoms with Crippen molar-refractivity contribution in [2.75, 3.05) is 36.2 Å². The Morgan fingerprint density at radius 1 is 0.431 bits per heavy atom. The van der Waals surface area contributed by atoms with E-state index in [4.69, 9.17) is 18.9 Å². The van der Waals surface area contributed by atoms with E-state index in [1.165, 1.54) is 0 Å². The van der Waals surface area contributed by atoms with E-state index in [0.29, 0.717) is 11.4 Å². The molecule has 58 heavy (non-hydrogen) atoms. The molecule has 6 fully saturated rings. The summed E-state index contributed by atoms with van der Waals surface area (Å²) in [7, 11) is 0. The summed E-state index contributed by atoms with van der Waals surface area (Å²) >= 11 is 0. The van der Waals surface area contributed by atoms with Gasteiger partial charge >= 0.3 is 23.9 Å². The van der Waals surface area contributed by atoms with Crippen LogP contribution in [0.5, 0.6) is 0 Å². The minimum Gasteiger partial charge on any atom is -0.465 e. The Morgan fingerprint density at radius 3 is 0.931 bits per heavy atom. The van der Waals surface area contributed by atoms with E-state index in [1.54, 1.807) is 27.7 Å². The predicted octanol–water partition coefficient (Wildman–Crippen LogP) is 6.92. The molecule has 2 saturated carbocycles. The number of ether oxygens (including phenoxy) is 4. The van der Waals surface area contributed by atoms with Crippen LogP contribution < -0.4 is 9.80 Å². The van der Waals surface area contributed by atoms with Gasteiger partial charge in [0.15, 0.2) is 0 Å². The van der Waals surface area contributed by atoms with Gasteiger partial charge in [0.05, 0.1) is 50.6 Å². The van der Waals surface area contributed by atoms with Gasteiger partial charge in [0.2, 0.25) is 0 Å². The van der Waals surface area contributed by atoms with Crippen LogP contribution in [-0.4, -0.2) is 74.5 Å². The van der Waals surface area contributed by atoms with Crippen LogP contribution in [0, 0.1) is 35.5 Å². The van der Waals surface area contributed by atoms with E-state index in [-0.39, 0.29) is 26.4 Å². The van der Waals surface area contributed by atoms with Crippen molar-refractivity contribution in [3.8, 4) is 0 Å². The summed E-state index contributed by atoms with van der Waals surface area (Å²) < 4.78 is 25.1. The van der Waals surface area contributed by atoms with E-state index in [9.17, 15) is 0 Å². The summed E-state index contributed by atoms with van der Waals surface area (Å²) in [5.74, 6) is -3.83. The van der Waals surface area contributed by atoms with Crippen molar-refractivity contribution < 1.29 is 38.1 Å². The molecule has 8 bridgehead atoms. The molecule has 0 spiro atoms. The lowest BCUT2D eigenvalue weighted by molar-refractivity contribution is -0.340. The smallest absolute Gasteiger partial charge is 0.317 e. The van der Waals surface area contributed by atoms with Crippen molar-refractivity contribution in [2.24, 2.45) is 21.7 Å². The summed E-state index contributed by atoms with van der Waals surface area (Å²) in [6.45, 7) is 11.3. The van der Waals surface area contributed by atoms with E-state index >= 15 is 19.2 Å². The minimum atomic E-state index is -1.58. The number of hydrogen-bond donors (Lipinski definition) is 0. The van der Waals surface area contributed by atoms with E-state index in [2.05, 4.69) is 9.80 Å². The van der Waals surface area contributed by atoms with Gasteiger partial charge in [-0.3, -0.25) is 19.2 Å². The number of hydrogen-bond acceptors (Lipinski definition) is 10. The van der Waals surface area contributed by atoms with Gasteiger partial charge in [0.25, 0.3) is 0 Å². The topological polar surface area (TPSA) is 112 Å². The first-order chi connectivity index (χ1) is 28.1. The van der Waals surface area contributed by atoms with E-state index in [0.717, 1.165) is 22.3 Å². The van der Waals surface area contributed by atoms with Crippen LogP contribution >= 0.6 is 0 Å². The van der Waals surface area contributed by atoms with Crippen molar-refractivity contribution in [2.45, 2.75) is 77.5 Å². The maximum atomic E-state index is 15.8. The number of nitrogens with zero attached hydrogens (tertiary/aromatic N) is 2. The first-order valence-electron chi connectivity index (χ1n) is 20.6. The number of benzene rings is 4. The van der Waals surface area contributed by atoms with Gasteiger partial charge in [-0.05, 0) is 76.9 Å². The van der Waals surface area contributed by atoms with Crippen molar-refractivity contribution >= 4 is 35.3 Å². The van der Waals surface area contributed by atoms with Crippen molar-refractivity contribution in [3.05, 3.63) is 131 Å². The molecule has 4 heterocycles. The molecule has 2 aliphatic carbocycles. The molecular weight excluding hydrogens is 733 g/mol. The maximum absolute atomic E-state index is 15.8. The number of piperidine rings is 4. The summed E-state index contributed by atoms with van der Waals surface area (Å²) in [6, 6.07) is 31.1. The lowest BCUT2D eigenvalue weighted by atomic mass is 9.15. The molecule has 0 amide bonds. The molecule has 0 aromatic heterocycles. The van der Waals surface area contributed by atoms with Crippen LogP contribution in [0.15, 0.2) is 109 Å². The van der Waals surface area contributed by atoms with Gasteiger partial charge < -0.3 is 28.7 Å². The number of anilines is 2. The van der Waals surface area contributed by atoms with Crippen LogP contribution in [0.3, 0.4) is 0 Å². The zero-order valence-electron chi connectivity index (χ0n) is 33.8. The van der Waals surface area contributed by atoms with Crippen molar-refractivity contribution in [1.29, 1.82) is 0 Å². The Hall–Kier alpha value is -5.64. The first-order valence-corrected chi connectivity index (χ1v) is 20.6. The number of carbonyl (C=O) groups excluding carboxylic acids is 4. The fraction of sp³-hybridized carbons (Fsp3) is 0.417. The molecule has 6 aliphatic rings. The summed E-state index contributed by atoms with van der Waals surface area (Å²) in [4.78, 5) is 67.5. The molecule has 10 heteroatoms. The molecule has 0 radical (unpaired) electrons. The molecule has 4 saturated heterocycles. The Bertz CT molecular complexity index is 2010. The Labute approximate surface area is 339 Å². The van der Waals surface area contributed by atoms with Crippen LogP contribution in [-0.2, 0) is 38.1 Å². The number of aryl methyl sites for hydroxylation is 2. The Kier molecular flexibility index (Phi) is 8.80. The predicted molar refractivity (Wildman–Crippen MR) is 217 cm³/mol. The standard InChI is InChI=1S/C48H50N2O8/c1-7-55-41(51)45-35(31-17-13-11-14-18-31)46(42(52)56-8-2)39-48(44(54)58-10-4)36(32-19-15-12-16-20-32)47(43(53)57-9-3,37(45)49(39)33-25-21-29(5)22-26-33)38(45)50(40(46)48)34-27-23-30(6)24-28-34/h11-28,35-40H,7-10H2,1-6H3. The molecule has 10 nitrogen and oxygen atoms in total. The van der Waals surface area contributed by atoms with Gasteiger partial charge in [-0.25, -0.2) is 0 Å². The monoisotopic (exact) mass is 782 g/mol. The van der Waals surface area contributed by atoms with Crippen molar-refractivity contribution in [3.63, 3.8) is 0 Å². The van der Waals surface area contributed by atoms with Crippen LogP contribution in [0.4, 0.5) is 11.4 Å².